The smallest absolute Gasteiger partial charge is 0.175 e. The highest BCUT2D eigenvalue weighted by Gasteiger charge is 2.14. The number of nitrogens with one attached hydrogen (secondary N) is 2. The minimum atomic E-state index is 0.442. The van der Waals surface area contributed by atoms with E-state index < -0.39 is 0 Å². The van der Waals surface area contributed by atoms with Gasteiger partial charge in [0.2, 0.25) is 0 Å². The molecule has 0 aliphatic heterocycles. The Bertz CT molecular complexity index is 661. The minimum absolute atomic E-state index is 0.442. The first-order valence-corrected chi connectivity index (χ1v) is 9.13. The second-order valence-electron chi connectivity index (χ2n) is 6.75. The van der Waals surface area contributed by atoms with Crippen molar-refractivity contribution >= 4 is 28.7 Å². The third-order valence-corrected chi connectivity index (χ3v) is 4.44. The Morgan fingerprint density at radius 1 is 0.875 bits per heavy atom. The molecule has 0 unspecified atom stereocenters. The highest BCUT2D eigenvalue weighted by atomic mass is 32.1. The summed E-state index contributed by atoms with van der Waals surface area (Å²) >= 11 is 5.55. The van der Waals surface area contributed by atoms with Crippen molar-refractivity contribution in [2.75, 3.05) is 10.6 Å². The maximum absolute atomic E-state index is 5.55. The lowest BCUT2D eigenvalue weighted by Crippen LogP contribution is -2.21. The highest BCUT2D eigenvalue weighted by molar-refractivity contribution is 7.80. The predicted octanol–water partition coefficient (Wildman–Crippen LogP) is 6.30. The maximum Gasteiger partial charge on any atom is 0.175 e. The van der Waals surface area contributed by atoms with E-state index in [2.05, 4.69) is 87.7 Å². The summed E-state index contributed by atoms with van der Waals surface area (Å²) in [6.07, 6.45) is 1.04. The zero-order valence-corrected chi connectivity index (χ0v) is 16.1. The van der Waals surface area contributed by atoms with Crippen molar-refractivity contribution in [2.24, 2.45) is 0 Å². The van der Waals surface area contributed by atoms with Gasteiger partial charge in [-0.2, -0.15) is 0 Å². The first-order chi connectivity index (χ1) is 11.4. The third kappa shape index (κ3) is 4.57. The van der Waals surface area contributed by atoms with Gasteiger partial charge in [0.15, 0.2) is 5.11 Å². The molecule has 2 nitrogen and oxygen atoms in total. The molecule has 0 heterocycles. The average molecular weight is 341 g/mol. The SMILES string of the molecule is CCc1ccc(NC(=S)Nc2c(C(C)C)cccc2C(C)C)cc1. The molecule has 0 aromatic heterocycles. The van der Waals surface area contributed by atoms with E-state index in [1.165, 1.54) is 16.7 Å². The van der Waals surface area contributed by atoms with Crippen LogP contribution in [0.1, 0.15) is 63.1 Å². The first-order valence-electron chi connectivity index (χ1n) is 8.72. The van der Waals surface area contributed by atoms with Gasteiger partial charge in [-0.15, -0.1) is 0 Å². The summed E-state index contributed by atoms with van der Waals surface area (Å²) in [7, 11) is 0. The van der Waals surface area contributed by atoms with Gasteiger partial charge in [-0.3, -0.25) is 0 Å². The Balaban J connectivity index is 2.21. The number of para-hydroxylation sites is 1. The van der Waals surface area contributed by atoms with E-state index in [1.807, 2.05) is 0 Å². The van der Waals surface area contributed by atoms with Gasteiger partial charge in [-0.05, 0) is 59.3 Å². The molecule has 0 atom stereocenters. The van der Waals surface area contributed by atoms with Crippen LogP contribution in [0.25, 0.3) is 0 Å². The number of anilines is 2. The zero-order valence-electron chi connectivity index (χ0n) is 15.3. The molecular weight excluding hydrogens is 312 g/mol. The van der Waals surface area contributed by atoms with E-state index in [0.29, 0.717) is 16.9 Å². The summed E-state index contributed by atoms with van der Waals surface area (Å²) in [4.78, 5) is 0. The molecule has 0 fully saturated rings. The Kier molecular flexibility index (Phi) is 6.38. The van der Waals surface area contributed by atoms with E-state index in [9.17, 15) is 0 Å². The molecule has 2 aromatic carbocycles. The van der Waals surface area contributed by atoms with Crippen molar-refractivity contribution < 1.29 is 0 Å². The van der Waals surface area contributed by atoms with Gasteiger partial charge in [-0.25, -0.2) is 0 Å². The second-order valence-corrected chi connectivity index (χ2v) is 7.16. The number of benzene rings is 2. The average Bonchev–Trinajstić information content (AvgIpc) is 2.55. The number of thiocarbonyl (C=S) groups is 1. The van der Waals surface area contributed by atoms with Crippen LogP contribution in [0.2, 0.25) is 0 Å². The van der Waals surface area contributed by atoms with Crippen LogP contribution in [-0.4, -0.2) is 5.11 Å². The normalized spacial score (nSPS) is 11.0. The van der Waals surface area contributed by atoms with Crippen LogP contribution >= 0.6 is 12.2 Å². The summed E-state index contributed by atoms with van der Waals surface area (Å²) in [6, 6.07) is 14.9. The number of aryl methyl sites for hydroxylation is 1. The van der Waals surface area contributed by atoms with E-state index >= 15 is 0 Å². The largest absolute Gasteiger partial charge is 0.332 e. The van der Waals surface area contributed by atoms with Crippen LogP contribution in [0.3, 0.4) is 0 Å². The Labute approximate surface area is 151 Å². The van der Waals surface area contributed by atoms with Gasteiger partial charge in [0.1, 0.15) is 0 Å². The van der Waals surface area contributed by atoms with Crippen molar-refractivity contribution in [1.82, 2.24) is 0 Å². The molecule has 2 aromatic rings. The standard InChI is InChI=1S/C21H28N2S/c1-6-16-10-12-17(13-11-16)22-21(24)23-20-18(14(2)3)8-7-9-19(20)15(4)5/h7-15H,6H2,1-5H3,(H2,22,23,24). The summed E-state index contributed by atoms with van der Waals surface area (Å²) in [5.41, 5.74) is 6.08. The molecule has 128 valence electrons. The van der Waals surface area contributed by atoms with Gasteiger partial charge in [0, 0.05) is 11.4 Å². The molecule has 0 amide bonds. The lowest BCUT2D eigenvalue weighted by Gasteiger charge is -2.21. The Morgan fingerprint density at radius 2 is 1.42 bits per heavy atom. The van der Waals surface area contributed by atoms with E-state index in [1.54, 1.807) is 0 Å². The molecule has 0 aliphatic rings. The number of hydrogen-bond acceptors (Lipinski definition) is 1. The van der Waals surface area contributed by atoms with Crippen molar-refractivity contribution in [3.05, 3.63) is 59.2 Å². The maximum atomic E-state index is 5.55. The molecule has 2 N–H and O–H groups in total. The van der Waals surface area contributed by atoms with Crippen molar-refractivity contribution in [3.63, 3.8) is 0 Å². The second kappa shape index (κ2) is 8.29. The fourth-order valence-electron chi connectivity index (χ4n) is 2.80. The van der Waals surface area contributed by atoms with Crippen LogP contribution in [0.4, 0.5) is 11.4 Å². The highest BCUT2D eigenvalue weighted by Crippen LogP contribution is 2.32. The van der Waals surface area contributed by atoms with Gasteiger partial charge >= 0.3 is 0 Å². The Hall–Kier alpha value is -1.87. The van der Waals surface area contributed by atoms with E-state index in [-0.39, 0.29) is 0 Å². The monoisotopic (exact) mass is 340 g/mol. The topological polar surface area (TPSA) is 24.1 Å². The molecule has 3 heteroatoms. The summed E-state index contributed by atoms with van der Waals surface area (Å²) in [6.45, 7) is 11.0. The molecule has 2 rings (SSSR count). The fraction of sp³-hybridized carbons (Fsp3) is 0.381. The van der Waals surface area contributed by atoms with Gasteiger partial charge < -0.3 is 10.6 Å². The molecule has 0 aliphatic carbocycles. The molecule has 24 heavy (non-hydrogen) atoms. The molecule has 0 bridgehead atoms. The molecule has 0 saturated carbocycles. The summed E-state index contributed by atoms with van der Waals surface area (Å²) < 4.78 is 0. The number of rotatable bonds is 5. The molecule has 0 saturated heterocycles. The lowest BCUT2D eigenvalue weighted by molar-refractivity contribution is 0.839. The van der Waals surface area contributed by atoms with Crippen LogP contribution < -0.4 is 10.6 Å². The minimum Gasteiger partial charge on any atom is -0.332 e. The third-order valence-electron chi connectivity index (χ3n) is 4.23. The summed E-state index contributed by atoms with van der Waals surface area (Å²) in [5, 5.41) is 7.37. The predicted molar refractivity (Wildman–Crippen MR) is 110 cm³/mol. The zero-order chi connectivity index (χ0) is 17.7. The molecular formula is C21H28N2S. The quantitative estimate of drug-likeness (QED) is 0.624. The number of hydrogen-bond donors (Lipinski definition) is 2. The first kappa shape index (κ1) is 18.5. The molecule has 0 radical (unpaired) electrons. The van der Waals surface area contributed by atoms with Gasteiger partial charge in [0.25, 0.3) is 0 Å². The van der Waals surface area contributed by atoms with Crippen LogP contribution in [-0.2, 0) is 6.42 Å². The van der Waals surface area contributed by atoms with Crippen molar-refractivity contribution in [2.45, 2.75) is 52.9 Å². The van der Waals surface area contributed by atoms with Crippen molar-refractivity contribution in [3.8, 4) is 0 Å². The van der Waals surface area contributed by atoms with Crippen molar-refractivity contribution in [1.29, 1.82) is 0 Å². The summed E-state index contributed by atoms with van der Waals surface area (Å²) in [5.74, 6) is 0.885. The van der Waals surface area contributed by atoms with Crippen LogP contribution in [0, 0.1) is 0 Å². The van der Waals surface area contributed by atoms with Crippen LogP contribution in [0.5, 0.6) is 0 Å². The van der Waals surface area contributed by atoms with E-state index in [4.69, 9.17) is 12.2 Å². The molecule has 0 spiro atoms. The lowest BCUT2D eigenvalue weighted by atomic mass is 9.93. The Morgan fingerprint density at radius 3 is 1.88 bits per heavy atom. The van der Waals surface area contributed by atoms with E-state index in [0.717, 1.165) is 17.8 Å². The van der Waals surface area contributed by atoms with Gasteiger partial charge in [-0.1, -0.05) is 65.0 Å². The fourth-order valence-corrected chi connectivity index (χ4v) is 3.01. The van der Waals surface area contributed by atoms with Crippen LogP contribution in [0.15, 0.2) is 42.5 Å². The van der Waals surface area contributed by atoms with Gasteiger partial charge in [0.05, 0.1) is 0 Å².